The summed E-state index contributed by atoms with van der Waals surface area (Å²) in [5, 5.41) is 6.08. The van der Waals surface area contributed by atoms with Crippen LogP contribution in [0.3, 0.4) is 0 Å². The number of carbonyl (C=O) groups is 2. The van der Waals surface area contributed by atoms with Gasteiger partial charge < -0.3 is 20.3 Å². The molecule has 3 heterocycles. The number of carbonyl (C=O) groups excluding carboxylic acids is 2. The van der Waals surface area contributed by atoms with Crippen LogP contribution >= 0.6 is 0 Å². The third-order valence-electron chi connectivity index (χ3n) is 6.98. The quantitative estimate of drug-likeness (QED) is 0.606. The molecule has 0 spiro atoms. The van der Waals surface area contributed by atoms with Gasteiger partial charge in [-0.15, -0.1) is 0 Å². The number of nitrogens with zero attached hydrogens (tertiary/aromatic N) is 4. The Morgan fingerprint density at radius 1 is 1.22 bits per heavy atom. The van der Waals surface area contributed by atoms with Crippen molar-refractivity contribution >= 4 is 28.9 Å². The molecule has 1 unspecified atom stereocenters. The number of benzene rings is 1. The van der Waals surface area contributed by atoms with Gasteiger partial charge >= 0.3 is 5.69 Å². The highest BCUT2D eigenvalue weighted by Gasteiger charge is 2.29. The molecule has 0 aliphatic carbocycles. The number of aryl methyl sites for hydroxylation is 1. The summed E-state index contributed by atoms with van der Waals surface area (Å²) in [5.41, 5.74) is 2.36. The zero-order valence-electron chi connectivity index (χ0n) is 19.0. The van der Waals surface area contributed by atoms with E-state index in [0.717, 1.165) is 62.3 Å². The standard InChI is InChI=1S/C23H34N6O3/c1-24-22(31)20(7-4-16-30)29-19-6-3-5-18(21(19)26(2)23(29)32)28-14-12-27(13-15-28)17-8-10-25-11-9-17/h3,5-6,16-17,20,25H,4,7-15H2,1-2H3,(H,24,31). The van der Waals surface area contributed by atoms with Crippen molar-refractivity contribution in [3.05, 3.63) is 28.7 Å². The van der Waals surface area contributed by atoms with Gasteiger partial charge in [0, 0.05) is 52.7 Å². The maximum absolute atomic E-state index is 13.2. The van der Waals surface area contributed by atoms with Crippen LogP contribution in [0, 0.1) is 0 Å². The number of para-hydroxylation sites is 1. The third kappa shape index (κ3) is 4.19. The average molecular weight is 443 g/mol. The predicted octanol–water partition coefficient (Wildman–Crippen LogP) is 0.480. The lowest BCUT2D eigenvalue weighted by atomic mass is 10.0. The molecule has 32 heavy (non-hydrogen) atoms. The molecule has 0 bridgehead atoms. The lowest BCUT2D eigenvalue weighted by Crippen LogP contribution is -2.52. The number of fused-ring (bicyclic) bond motifs is 1. The number of aldehydes is 1. The molecule has 2 fully saturated rings. The Labute approximate surface area is 188 Å². The summed E-state index contributed by atoms with van der Waals surface area (Å²) < 4.78 is 3.19. The van der Waals surface area contributed by atoms with Crippen LogP contribution < -0.4 is 21.2 Å². The van der Waals surface area contributed by atoms with Crippen molar-refractivity contribution in [2.24, 2.45) is 7.05 Å². The molecule has 2 aliphatic rings. The third-order valence-corrected chi connectivity index (χ3v) is 6.98. The van der Waals surface area contributed by atoms with Crippen molar-refractivity contribution in [3.8, 4) is 0 Å². The number of rotatable bonds is 7. The van der Waals surface area contributed by atoms with Crippen LogP contribution in [0.4, 0.5) is 5.69 Å². The van der Waals surface area contributed by atoms with Gasteiger partial charge in [-0.05, 0) is 44.5 Å². The monoisotopic (exact) mass is 442 g/mol. The lowest BCUT2D eigenvalue weighted by molar-refractivity contribution is -0.124. The molecule has 2 saturated heterocycles. The van der Waals surface area contributed by atoms with Crippen molar-refractivity contribution in [1.82, 2.24) is 24.7 Å². The first kappa shape index (κ1) is 22.5. The second kappa shape index (κ2) is 9.87. The van der Waals surface area contributed by atoms with E-state index in [1.54, 1.807) is 23.2 Å². The van der Waals surface area contributed by atoms with Gasteiger partial charge in [-0.3, -0.25) is 18.8 Å². The Morgan fingerprint density at radius 2 is 1.94 bits per heavy atom. The number of hydrogen-bond donors (Lipinski definition) is 2. The molecule has 1 atom stereocenters. The second-order valence-electron chi connectivity index (χ2n) is 8.73. The number of piperazine rings is 1. The predicted molar refractivity (Wildman–Crippen MR) is 125 cm³/mol. The van der Waals surface area contributed by atoms with E-state index in [0.29, 0.717) is 12.5 Å². The first-order valence-corrected chi connectivity index (χ1v) is 11.6. The summed E-state index contributed by atoms with van der Waals surface area (Å²) in [6, 6.07) is 5.85. The fraction of sp³-hybridized carbons (Fsp3) is 0.609. The zero-order chi connectivity index (χ0) is 22.7. The van der Waals surface area contributed by atoms with Gasteiger partial charge in [-0.25, -0.2) is 4.79 Å². The van der Waals surface area contributed by atoms with E-state index in [1.165, 1.54) is 12.8 Å². The van der Waals surface area contributed by atoms with Crippen molar-refractivity contribution in [1.29, 1.82) is 0 Å². The van der Waals surface area contributed by atoms with Crippen LogP contribution in [-0.4, -0.2) is 78.6 Å². The number of likely N-dealkylation sites (N-methyl/N-ethyl adjacent to an activating group) is 1. The van der Waals surface area contributed by atoms with Gasteiger partial charge in [0.2, 0.25) is 5.91 Å². The maximum atomic E-state index is 13.2. The summed E-state index contributed by atoms with van der Waals surface area (Å²) >= 11 is 0. The molecular formula is C23H34N6O3. The molecule has 0 radical (unpaired) electrons. The van der Waals surface area contributed by atoms with E-state index < -0.39 is 6.04 Å². The molecule has 174 valence electrons. The van der Waals surface area contributed by atoms with Gasteiger partial charge in [-0.1, -0.05) is 6.07 Å². The van der Waals surface area contributed by atoms with Crippen molar-refractivity contribution in [2.45, 2.75) is 37.8 Å². The van der Waals surface area contributed by atoms with E-state index in [2.05, 4.69) is 26.5 Å². The van der Waals surface area contributed by atoms with Crippen molar-refractivity contribution in [3.63, 3.8) is 0 Å². The summed E-state index contributed by atoms with van der Waals surface area (Å²) in [5.74, 6) is -0.262. The van der Waals surface area contributed by atoms with Gasteiger partial charge in [0.05, 0.1) is 16.7 Å². The topological polar surface area (TPSA) is 91.6 Å². The van der Waals surface area contributed by atoms with Crippen LogP contribution in [0.1, 0.15) is 31.7 Å². The summed E-state index contributed by atoms with van der Waals surface area (Å²) in [4.78, 5) is 41.7. The first-order chi connectivity index (χ1) is 15.6. The van der Waals surface area contributed by atoms with Crippen LogP contribution in [0.25, 0.3) is 11.0 Å². The van der Waals surface area contributed by atoms with E-state index in [9.17, 15) is 14.4 Å². The van der Waals surface area contributed by atoms with Gasteiger partial charge in [0.25, 0.3) is 0 Å². The van der Waals surface area contributed by atoms with Gasteiger partial charge in [0.1, 0.15) is 12.3 Å². The van der Waals surface area contributed by atoms with E-state index in [4.69, 9.17) is 0 Å². The number of anilines is 1. The zero-order valence-corrected chi connectivity index (χ0v) is 19.0. The smallest absolute Gasteiger partial charge is 0.329 e. The molecule has 2 aromatic rings. The number of aromatic nitrogens is 2. The molecule has 2 N–H and O–H groups in total. The minimum absolute atomic E-state index is 0.221. The normalized spacial score (nSPS) is 19.2. The fourth-order valence-electron chi connectivity index (χ4n) is 5.24. The number of amides is 1. The lowest BCUT2D eigenvalue weighted by Gasteiger charge is -2.41. The first-order valence-electron chi connectivity index (χ1n) is 11.6. The van der Waals surface area contributed by atoms with E-state index >= 15 is 0 Å². The van der Waals surface area contributed by atoms with Crippen molar-refractivity contribution in [2.75, 3.05) is 51.2 Å². The highest BCUT2D eigenvalue weighted by atomic mass is 16.2. The molecule has 1 aromatic carbocycles. The summed E-state index contributed by atoms with van der Waals surface area (Å²) in [7, 11) is 3.32. The minimum Gasteiger partial charge on any atom is -0.367 e. The summed E-state index contributed by atoms with van der Waals surface area (Å²) in [6.45, 7) is 6.03. The van der Waals surface area contributed by atoms with Crippen LogP contribution in [-0.2, 0) is 16.6 Å². The number of nitrogens with one attached hydrogen (secondary N) is 2. The van der Waals surface area contributed by atoms with Crippen LogP contribution in [0.15, 0.2) is 23.0 Å². The highest BCUT2D eigenvalue weighted by Crippen LogP contribution is 2.30. The molecular weight excluding hydrogens is 408 g/mol. The molecule has 1 aromatic heterocycles. The fourth-order valence-corrected chi connectivity index (χ4v) is 5.24. The molecule has 1 amide bonds. The van der Waals surface area contributed by atoms with E-state index in [1.807, 2.05) is 12.1 Å². The molecule has 0 saturated carbocycles. The molecule has 2 aliphatic heterocycles. The Morgan fingerprint density at radius 3 is 2.59 bits per heavy atom. The van der Waals surface area contributed by atoms with Crippen LogP contribution in [0.2, 0.25) is 0 Å². The van der Waals surface area contributed by atoms with E-state index in [-0.39, 0.29) is 18.0 Å². The molecule has 4 rings (SSSR count). The van der Waals surface area contributed by atoms with Crippen LogP contribution in [0.5, 0.6) is 0 Å². The van der Waals surface area contributed by atoms with Gasteiger partial charge in [-0.2, -0.15) is 0 Å². The highest BCUT2D eigenvalue weighted by molar-refractivity contribution is 5.91. The minimum atomic E-state index is -0.714. The average Bonchev–Trinajstić information content (AvgIpc) is 3.10. The molecule has 9 nitrogen and oxygen atoms in total. The Hall–Kier alpha value is -2.65. The summed E-state index contributed by atoms with van der Waals surface area (Å²) in [6.07, 6.45) is 3.71. The maximum Gasteiger partial charge on any atom is 0.329 e. The Bertz CT molecular complexity index is 1010. The second-order valence-corrected chi connectivity index (χ2v) is 8.73. The SMILES string of the molecule is CNC(=O)C(CCC=O)n1c(=O)n(C)c2c(N3CCN(C4CCNCC4)CC3)cccc21. The van der Waals surface area contributed by atoms with Gasteiger partial charge in [0.15, 0.2) is 0 Å². The number of imidazole rings is 1. The Kier molecular flexibility index (Phi) is 6.95. The molecule has 9 heteroatoms. The van der Waals surface area contributed by atoms with Crippen molar-refractivity contribution < 1.29 is 9.59 Å². The number of piperidine rings is 1. The number of hydrogen-bond acceptors (Lipinski definition) is 6. The largest absolute Gasteiger partial charge is 0.367 e. The Balaban J connectivity index is 1.64.